The van der Waals surface area contributed by atoms with Crippen molar-refractivity contribution in [2.24, 2.45) is 0 Å². The van der Waals surface area contributed by atoms with E-state index >= 15 is 0 Å². The van der Waals surface area contributed by atoms with Crippen molar-refractivity contribution >= 4 is 11.4 Å². The van der Waals surface area contributed by atoms with Crippen LogP contribution in [-0.2, 0) is 13.1 Å². The SMILES string of the molecule is Oc1c(CN2CCCC2)cc(Nc2ccncc2)cc1CN1CCCC1. The molecule has 0 atom stereocenters. The molecule has 1 aromatic heterocycles. The fourth-order valence-corrected chi connectivity index (χ4v) is 4.04. The number of nitrogens with zero attached hydrogens (tertiary/aromatic N) is 3. The smallest absolute Gasteiger partial charge is 0.124 e. The lowest BCUT2D eigenvalue weighted by molar-refractivity contribution is 0.312. The number of likely N-dealkylation sites (tertiary alicyclic amines) is 2. The molecule has 0 spiro atoms. The molecule has 138 valence electrons. The molecule has 4 rings (SSSR count). The average Bonchev–Trinajstić information content (AvgIpc) is 3.34. The van der Waals surface area contributed by atoms with Gasteiger partial charge in [0.05, 0.1) is 0 Å². The molecule has 2 aliphatic rings. The van der Waals surface area contributed by atoms with Crippen molar-refractivity contribution in [3.63, 3.8) is 0 Å². The molecule has 1 aromatic carbocycles. The lowest BCUT2D eigenvalue weighted by Crippen LogP contribution is -2.20. The number of hydrogen-bond acceptors (Lipinski definition) is 5. The molecule has 2 aliphatic heterocycles. The van der Waals surface area contributed by atoms with Gasteiger partial charge in [-0.25, -0.2) is 0 Å². The Bertz CT molecular complexity index is 683. The molecule has 3 heterocycles. The molecular formula is C21H28N4O. The lowest BCUT2D eigenvalue weighted by atomic mass is 10.1. The summed E-state index contributed by atoms with van der Waals surface area (Å²) in [5, 5.41) is 14.4. The summed E-state index contributed by atoms with van der Waals surface area (Å²) in [6.45, 7) is 6.16. The minimum absolute atomic E-state index is 0.476. The standard InChI is InChI=1S/C21H28N4O/c26-21-17(15-24-9-1-2-10-24)13-20(23-19-5-7-22-8-6-19)14-18(21)16-25-11-3-4-12-25/h5-8,13-14,26H,1-4,9-12,15-16H2,(H,22,23). The summed E-state index contributed by atoms with van der Waals surface area (Å²) in [5.41, 5.74) is 4.11. The van der Waals surface area contributed by atoms with Crippen LogP contribution in [0.2, 0.25) is 0 Å². The van der Waals surface area contributed by atoms with Crippen LogP contribution in [0.5, 0.6) is 5.75 Å². The highest BCUT2D eigenvalue weighted by Crippen LogP contribution is 2.32. The van der Waals surface area contributed by atoms with Gasteiger partial charge in [0.15, 0.2) is 0 Å². The van der Waals surface area contributed by atoms with Gasteiger partial charge in [-0.3, -0.25) is 14.8 Å². The highest BCUT2D eigenvalue weighted by molar-refractivity contribution is 5.63. The fourth-order valence-electron chi connectivity index (χ4n) is 4.04. The summed E-state index contributed by atoms with van der Waals surface area (Å²) in [7, 11) is 0. The van der Waals surface area contributed by atoms with Gasteiger partial charge in [0.2, 0.25) is 0 Å². The topological polar surface area (TPSA) is 51.6 Å². The number of anilines is 2. The molecule has 0 bridgehead atoms. The summed E-state index contributed by atoms with van der Waals surface area (Å²) in [6, 6.07) is 8.13. The summed E-state index contributed by atoms with van der Waals surface area (Å²) in [5.74, 6) is 0.476. The van der Waals surface area contributed by atoms with Gasteiger partial charge in [0, 0.05) is 48.0 Å². The maximum absolute atomic E-state index is 10.9. The maximum Gasteiger partial charge on any atom is 0.124 e. The van der Waals surface area contributed by atoms with E-state index in [4.69, 9.17) is 0 Å². The third-order valence-corrected chi connectivity index (χ3v) is 5.42. The summed E-state index contributed by atoms with van der Waals surface area (Å²) < 4.78 is 0. The fraction of sp³-hybridized carbons (Fsp3) is 0.476. The van der Waals surface area contributed by atoms with Crippen LogP contribution < -0.4 is 5.32 Å². The number of benzene rings is 1. The van der Waals surface area contributed by atoms with Crippen molar-refractivity contribution in [3.05, 3.63) is 47.8 Å². The Morgan fingerprint density at radius 1 is 0.808 bits per heavy atom. The van der Waals surface area contributed by atoms with E-state index in [0.29, 0.717) is 5.75 Å². The molecular weight excluding hydrogens is 324 g/mol. The van der Waals surface area contributed by atoms with Gasteiger partial charge in [-0.05, 0) is 76.1 Å². The highest BCUT2D eigenvalue weighted by Gasteiger charge is 2.19. The number of aromatic nitrogens is 1. The largest absolute Gasteiger partial charge is 0.507 e. The van der Waals surface area contributed by atoms with Gasteiger partial charge >= 0.3 is 0 Å². The number of hydrogen-bond donors (Lipinski definition) is 2. The third kappa shape index (κ3) is 4.17. The Balaban J connectivity index is 1.60. The number of aromatic hydroxyl groups is 1. The minimum atomic E-state index is 0.476. The first-order valence-electron chi connectivity index (χ1n) is 9.74. The number of phenols is 1. The molecule has 0 radical (unpaired) electrons. The lowest BCUT2D eigenvalue weighted by Gasteiger charge is -2.21. The molecule has 5 nitrogen and oxygen atoms in total. The molecule has 0 aliphatic carbocycles. The highest BCUT2D eigenvalue weighted by atomic mass is 16.3. The zero-order chi connectivity index (χ0) is 17.8. The second-order valence-electron chi connectivity index (χ2n) is 7.47. The number of pyridine rings is 1. The Morgan fingerprint density at radius 2 is 1.31 bits per heavy atom. The van der Waals surface area contributed by atoms with E-state index < -0.39 is 0 Å². The Hall–Kier alpha value is -2.11. The molecule has 0 amide bonds. The third-order valence-electron chi connectivity index (χ3n) is 5.42. The first kappa shape index (κ1) is 17.3. The van der Waals surface area contributed by atoms with Crippen molar-refractivity contribution in [2.75, 3.05) is 31.5 Å². The quantitative estimate of drug-likeness (QED) is 0.776. The van der Waals surface area contributed by atoms with Crippen molar-refractivity contribution in [3.8, 4) is 5.75 Å². The van der Waals surface area contributed by atoms with E-state index in [1.165, 1.54) is 25.7 Å². The molecule has 0 saturated carbocycles. The maximum atomic E-state index is 10.9. The van der Waals surface area contributed by atoms with E-state index in [2.05, 4.69) is 32.2 Å². The Morgan fingerprint density at radius 3 is 1.81 bits per heavy atom. The normalized spacial score (nSPS) is 18.5. The van der Waals surface area contributed by atoms with Gasteiger partial charge in [-0.2, -0.15) is 0 Å². The van der Waals surface area contributed by atoms with E-state index in [0.717, 1.165) is 61.8 Å². The zero-order valence-corrected chi connectivity index (χ0v) is 15.3. The van der Waals surface area contributed by atoms with E-state index in [1.807, 2.05) is 12.1 Å². The second kappa shape index (κ2) is 8.06. The molecule has 2 saturated heterocycles. The monoisotopic (exact) mass is 352 g/mol. The predicted octanol–water partition coefficient (Wildman–Crippen LogP) is 3.72. The van der Waals surface area contributed by atoms with Gasteiger partial charge < -0.3 is 10.4 Å². The first-order chi connectivity index (χ1) is 12.8. The van der Waals surface area contributed by atoms with Gasteiger partial charge in [0.1, 0.15) is 5.75 Å². The Labute approximate surface area is 155 Å². The van der Waals surface area contributed by atoms with Crippen LogP contribution in [0, 0.1) is 0 Å². The van der Waals surface area contributed by atoms with Crippen LogP contribution >= 0.6 is 0 Å². The van der Waals surface area contributed by atoms with Crippen molar-refractivity contribution < 1.29 is 5.11 Å². The average molecular weight is 352 g/mol. The molecule has 2 N–H and O–H groups in total. The van der Waals surface area contributed by atoms with E-state index in [-0.39, 0.29) is 0 Å². The molecule has 26 heavy (non-hydrogen) atoms. The number of rotatable bonds is 6. The van der Waals surface area contributed by atoms with E-state index in [1.54, 1.807) is 12.4 Å². The van der Waals surface area contributed by atoms with Crippen LogP contribution in [0.25, 0.3) is 0 Å². The van der Waals surface area contributed by atoms with Crippen LogP contribution in [0.15, 0.2) is 36.7 Å². The van der Waals surface area contributed by atoms with Crippen molar-refractivity contribution in [1.82, 2.24) is 14.8 Å². The molecule has 0 unspecified atom stereocenters. The second-order valence-corrected chi connectivity index (χ2v) is 7.47. The number of nitrogens with one attached hydrogen (secondary N) is 1. The summed E-state index contributed by atoms with van der Waals surface area (Å²) in [4.78, 5) is 8.95. The van der Waals surface area contributed by atoms with Crippen LogP contribution in [0.1, 0.15) is 36.8 Å². The minimum Gasteiger partial charge on any atom is -0.507 e. The molecule has 2 aromatic rings. The molecule has 2 fully saturated rings. The molecule has 5 heteroatoms. The predicted molar refractivity (Wildman–Crippen MR) is 105 cm³/mol. The van der Waals surface area contributed by atoms with Gasteiger partial charge in [-0.15, -0.1) is 0 Å². The van der Waals surface area contributed by atoms with Crippen molar-refractivity contribution in [2.45, 2.75) is 38.8 Å². The van der Waals surface area contributed by atoms with Crippen LogP contribution in [-0.4, -0.2) is 46.1 Å². The first-order valence-corrected chi connectivity index (χ1v) is 9.74. The van der Waals surface area contributed by atoms with E-state index in [9.17, 15) is 5.11 Å². The summed E-state index contributed by atoms with van der Waals surface area (Å²) >= 11 is 0. The van der Waals surface area contributed by atoms with Crippen LogP contribution in [0.4, 0.5) is 11.4 Å². The zero-order valence-electron chi connectivity index (χ0n) is 15.3. The van der Waals surface area contributed by atoms with Crippen LogP contribution in [0.3, 0.4) is 0 Å². The Kier molecular flexibility index (Phi) is 5.37. The summed E-state index contributed by atoms with van der Waals surface area (Å²) in [6.07, 6.45) is 8.62. The van der Waals surface area contributed by atoms with Gasteiger partial charge in [0.25, 0.3) is 0 Å². The number of phenolic OH excluding ortho intramolecular Hbond substituents is 1. The van der Waals surface area contributed by atoms with Gasteiger partial charge in [-0.1, -0.05) is 0 Å². The van der Waals surface area contributed by atoms with Crippen molar-refractivity contribution in [1.29, 1.82) is 0 Å².